The Kier molecular flexibility index (Phi) is 4.43. The topological polar surface area (TPSA) is 94.1 Å². The molecule has 2 heterocycles. The van der Waals surface area contributed by atoms with Crippen LogP contribution in [0.15, 0.2) is 24.4 Å². The molecule has 0 aliphatic carbocycles. The second kappa shape index (κ2) is 6.54. The van der Waals surface area contributed by atoms with E-state index in [1.165, 1.54) is 15.8 Å². The van der Waals surface area contributed by atoms with Gasteiger partial charge in [0.1, 0.15) is 17.8 Å². The Labute approximate surface area is 140 Å². The van der Waals surface area contributed by atoms with Gasteiger partial charge in [-0.05, 0) is 12.1 Å². The predicted molar refractivity (Wildman–Crippen MR) is 79.2 cm³/mol. The molecule has 0 spiro atoms. The average Bonchev–Trinajstić information content (AvgIpc) is 3.14. The van der Waals surface area contributed by atoms with Crippen molar-refractivity contribution in [3.8, 4) is 0 Å². The van der Waals surface area contributed by atoms with Crippen molar-refractivity contribution in [2.75, 3.05) is 6.54 Å². The van der Waals surface area contributed by atoms with Crippen LogP contribution in [0.1, 0.15) is 27.3 Å². The molecule has 3 rings (SSSR count). The van der Waals surface area contributed by atoms with Crippen LogP contribution in [0.25, 0.3) is 0 Å². The first kappa shape index (κ1) is 16.9. The summed E-state index contributed by atoms with van der Waals surface area (Å²) in [6.45, 7) is -0.146. The van der Waals surface area contributed by atoms with E-state index in [2.05, 4.69) is 10.3 Å². The number of carbonyl (C=O) groups excluding carboxylic acids is 2. The van der Waals surface area contributed by atoms with Gasteiger partial charge in [-0.2, -0.15) is 0 Å². The highest BCUT2D eigenvalue weighted by Crippen LogP contribution is 2.25. The SMILES string of the molecule is NC(=O)c1cn(CC2CC(F)CN2C(=O)c2ccc(F)cc2F)nn1. The van der Waals surface area contributed by atoms with Gasteiger partial charge < -0.3 is 10.6 Å². The number of nitrogens with zero attached hydrogens (tertiary/aromatic N) is 4. The van der Waals surface area contributed by atoms with Crippen molar-refractivity contribution in [1.29, 1.82) is 0 Å². The van der Waals surface area contributed by atoms with Crippen LogP contribution in [0.5, 0.6) is 0 Å². The number of benzene rings is 1. The zero-order valence-corrected chi connectivity index (χ0v) is 12.9. The van der Waals surface area contributed by atoms with Crippen LogP contribution in [0.2, 0.25) is 0 Å². The van der Waals surface area contributed by atoms with E-state index in [9.17, 15) is 22.8 Å². The Morgan fingerprint density at radius 3 is 2.72 bits per heavy atom. The predicted octanol–water partition coefficient (Wildman–Crippen LogP) is 0.908. The fourth-order valence-corrected chi connectivity index (χ4v) is 2.82. The van der Waals surface area contributed by atoms with Gasteiger partial charge in [-0.3, -0.25) is 9.59 Å². The van der Waals surface area contributed by atoms with Gasteiger partial charge in [-0.1, -0.05) is 5.21 Å². The quantitative estimate of drug-likeness (QED) is 0.884. The number of halogens is 3. The van der Waals surface area contributed by atoms with E-state index < -0.39 is 35.7 Å². The number of amides is 2. The van der Waals surface area contributed by atoms with Crippen LogP contribution >= 0.6 is 0 Å². The molecular weight excluding hydrogens is 339 g/mol. The molecular formula is C15H14F3N5O2. The second-order valence-corrected chi connectivity index (χ2v) is 5.76. The number of primary amides is 1. The van der Waals surface area contributed by atoms with Gasteiger partial charge in [-0.25, -0.2) is 17.9 Å². The van der Waals surface area contributed by atoms with Gasteiger partial charge in [-0.15, -0.1) is 5.10 Å². The molecule has 2 amide bonds. The van der Waals surface area contributed by atoms with Gasteiger partial charge in [0, 0.05) is 12.5 Å². The monoisotopic (exact) mass is 353 g/mol. The van der Waals surface area contributed by atoms with Crippen molar-refractivity contribution < 1.29 is 22.8 Å². The maximum absolute atomic E-state index is 13.8. The molecule has 1 aromatic heterocycles. The maximum Gasteiger partial charge on any atom is 0.270 e. The summed E-state index contributed by atoms with van der Waals surface area (Å²) < 4.78 is 41.9. The number of hydrogen-bond acceptors (Lipinski definition) is 4. The van der Waals surface area contributed by atoms with E-state index in [0.29, 0.717) is 6.07 Å². The summed E-state index contributed by atoms with van der Waals surface area (Å²) in [5.74, 6) is -3.32. The summed E-state index contributed by atoms with van der Waals surface area (Å²) in [6, 6.07) is 1.97. The van der Waals surface area contributed by atoms with E-state index >= 15 is 0 Å². The lowest BCUT2D eigenvalue weighted by molar-refractivity contribution is 0.0709. The van der Waals surface area contributed by atoms with E-state index in [-0.39, 0.29) is 30.8 Å². The lowest BCUT2D eigenvalue weighted by Gasteiger charge is -2.24. The number of likely N-dealkylation sites (tertiary alicyclic amines) is 1. The normalized spacial score (nSPS) is 20.0. The standard InChI is InChI=1S/C15H14F3N5O2/c16-8-1-2-11(12(18)4-8)15(25)23-5-9(17)3-10(23)6-22-7-13(14(19)24)20-21-22/h1-2,4,7,9-10H,3,5-6H2,(H2,19,24). The summed E-state index contributed by atoms with van der Waals surface area (Å²) in [4.78, 5) is 24.7. The van der Waals surface area contributed by atoms with Gasteiger partial charge in [0.05, 0.1) is 30.9 Å². The molecule has 0 radical (unpaired) electrons. The molecule has 1 saturated heterocycles. The van der Waals surface area contributed by atoms with Crippen LogP contribution in [-0.2, 0) is 6.54 Å². The molecule has 1 aliphatic rings. The number of nitrogens with two attached hydrogens (primary N) is 1. The smallest absolute Gasteiger partial charge is 0.270 e. The van der Waals surface area contributed by atoms with Crippen molar-refractivity contribution in [3.05, 3.63) is 47.3 Å². The Morgan fingerprint density at radius 1 is 1.32 bits per heavy atom. The first-order valence-electron chi connectivity index (χ1n) is 7.45. The van der Waals surface area contributed by atoms with Crippen molar-refractivity contribution in [1.82, 2.24) is 19.9 Å². The Hall–Kier alpha value is -2.91. The lowest BCUT2D eigenvalue weighted by Crippen LogP contribution is -2.38. The minimum Gasteiger partial charge on any atom is -0.364 e. The fourth-order valence-electron chi connectivity index (χ4n) is 2.82. The largest absolute Gasteiger partial charge is 0.364 e. The maximum atomic E-state index is 13.8. The zero-order chi connectivity index (χ0) is 18.1. The minimum atomic E-state index is -1.28. The molecule has 0 bridgehead atoms. The zero-order valence-electron chi connectivity index (χ0n) is 12.9. The first-order valence-corrected chi connectivity index (χ1v) is 7.45. The Balaban J connectivity index is 1.81. The third-order valence-corrected chi connectivity index (χ3v) is 3.97. The van der Waals surface area contributed by atoms with E-state index in [1.54, 1.807) is 0 Å². The molecule has 1 aromatic carbocycles. The van der Waals surface area contributed by atoms with Crippen LogP contribution in [0.4, 0.5) is 13.2 Å². The number of hydrogen-bond donors (Lipinski definition) is 1. The van der Waals surface area contributed by atoms with Gasteiger partial charge in [0.15, 0.2) is 5.69 Å². The molecule has 2 unspecified atom stereocenters. The van der Waals surface area contributed by atoms with Crippen molar-refractivity contribution >= 4 is 11.8 Å². The molecule has 132 valence electrons. The minimum absolute atomic E-state index is 0.0281. The van der Waals surface area contributed by atoms with E-state index in [0.717, 1.165) is 12.1 Å². The summed E-state index contributed by atoms with van der Waals surface area (Å²) in [6.07, 6.45) is 0.0339. The molecule has 1 aliphatic heterocycles. The van der Waals surface area contributed by atoms with E-state index in [4.69, 9.17) is 5.73 Å². The number of rotatable bonds is 4. The van der Waals surface area contributed by atoms with Crippen molar-refractivity contribution in [2.24, 2.45) is 5.73 Å². The van der Waals surface area contributed by atoms with E-state index in [1.807, 2.05) is 0 Å². The molecule has 0 saturated carbocycles. The van der Waals surface area contributed by atoms with Gasteiger partial charge in [0.2, 0.25) is 0 Å². The van der Waals surface area contributed by atoms with Gasteiger partial charge in [0.25, 0.3) is 11.8 Å². The molecule has 1 fully saturated rings. The highest BCUT2D eigenvalue weighted by molar-refractivity contribution is 5.95. The second-order valence-electron chi connectivity index (χ2n) is 5.76. The Morgan fingerprint density at radius 2 is 2.08 bits per heavy atom. The number of aromatic nitrogens is 3. The molecule has 2 atom stereocenters. The summed E-state index contributed by atoms with van der Waals surface area (Å²) in [5.41, 5.74) is 4.69. The summed E-state index contributed by atoms with van der Waals surface area (Å²) >= 11 is 0. The highest BCUT2D eigenvalue weighted by atomic mass is 19.1. The van der Waals surface area contributed by atoms with Crippen LogP contribution in [0.3, 0.4) is 0 Å². The summed E-state index contributed by atoms with van der Waals surface area (Å²) in [5, 5.41) is 7.27. The highest BCUT2D eigenvalue weighted by Gasteiger charge is 2.37. The molecule has 2 N–H and O–H groups in total. The number of carbonyl (C=O) groups is 2. The van der Waals surface area contributed by atoms with Crippen LogP contribution in [-0.4, -0.2) is 50.5 Å². The average molecular weight is 353 g/mol. The third-order valence-electron chi connectivity index (χ3n) is 3.97. The van der Waals surface area contributed by atoms with Gasteiger partial charge >= 0.3 is 0 Å². The lowest BCUT2D eigenvalue weighted by atomic mass is 10.1. The third kappa shape index (κ3) is 3.47. The van der Waals surface area contributed by atoms with Crippen LogP contribution < -0.4 is 5.73 Å². The fraction of sp³-hybridized carbons (Fsp3) is 0.333. The number of alkyl halides is 1. The first-order chi connectivity index (χ1) is 11.8. The van der Waals surface area contributed by atoms with Crippen molar-refractivity contribution in [2.45, 2.75) is 25.2 Å². The van der Waals surface area contributed by atoms with Crippen molar-refractivity contribution in [3.63, 3.8) is 0 Å². The molecule has 25 heavy (non-hydrogen) atoms. The molecule has 2 aromatic rings. The van der Waals surface area contributed by atoms with Crippen LogP contribution in [0, 0.1) is 11.6 Å². The molecule has 7 nitrogen and oxygen atoms in total. The Bertz CT molecular complexity index is 825. The molecule has 10 heteroatoms. The summed E-state index contributed by atoms with van der Waals surface area (Å²) in [7, 11) is 0.